The Labute approximate surface area is 72.7 Å². The summed E-state index contributed by atoms with van der Waals surface area (Å²) in [5.74, 6) is 0. The zero-order valence-electron chi connectivity index (χ0n) is 5.34. The number of benzene rings is 1. The molecule has 0 aliphatic carbocycles. The first kappa shape index (κ1) is 6.95. The van der Waals surface area contributed by atoms with Gasteiger partial charge >= 0.3 is 0 Å². The van der Waals surface area contributed by atoms with Crippen LogP contribution >= 0.6 is 23.2 Å². The Morgan fingerprint density at radius 1 is 1.18 bits per heavy atom. The minimum Gasteiger partial charge on any atom is -0.364 e. The number of fused-ring (bicyclic) bond motifs is 1. The quantitative estimate of drug-likeness (QED) is 0.634. The summed E-state index contributed by atoms with van der Waals surface area (Å²) < 4.78 is 4.71. The molecule has 0 radical (unpaired) electrons. The van der Waals surface area contributed by atoms with Crippen molar-refractivity contribution in [3.05, 3.63) is 28.4 Å². The second kappa shape index (κ2) is 2.40. The largest absolute Gasteiger partial charge is 0.364 e. The molecule has 1 heterocycles. The Hall–Kier alpha value is -0.730. The summed E-state index contributed by atoms with van der Waals surface area (Å²) in [5, 5.41) is 5.57. The lowest BCUT2D eigenvalue weighted by Crippen LogP contribution is -1.69. The molecule has 0 atom stereocenters. The van der Waals surface area contributed by atoms with Gasteiger partial charge in [-0.2, -0.15) is 0 Å². The molecule has 11 heavy (non-hydrogen) atoms. The molecule has 4 heteroatoms. The van der Waals surface area contributed by atoms with Crippen LogP contribution in [0.25, 0.3) is 10.9 Å². The normalized spacial score (nSPS) is 10.7. The summed E-state index contributed by atoms with van der Waals surface area (Å²) in [6.45, 7) is 0. The monoisotopic (exact) mass is 187 g/mol. The number of aromatic nitrogens is 1. The molecule has 1 aromatic heterocycles. The van der Waals surface area contributed by atoms with Crippen LogP contribution in [-0.2, 0) is 0 Å². The van der Waals surface area contributed by atoms with Crippen LogP contribution in [0.3, 0.4) is 0 Å². The van der Waals surface area contributed by atoms with Crippen LogP contribution in [0.4, 0.5) is 0 Å². The Morgan fingerprint density at radius 2 is 1.91 bits per heavy atom. The Bertz CT molecular complexity index is 360. The molecular weight excluding hydrogens is 185 g/mol. The van der Waals surface area contributed by atoms with Crippen molar-refractivity contribution < 1.29 is 4.52 Å². The molecule has 0 saturated carbocycles. The van der Waals surface area contributed by atoms with Crippen molar-refractivity contribution in [3.63, 3.8) is 0 Å². The smallest absolute Gasteiger partial charge is 0.131 e. The maximum atomic E-state index is 5.74. The van der Waals surface area contributed by atoms with Gasteiger partial charge in [-0.05, 0) is 12.1 Å². The summed E-state index contributed by atoms with van der Waals surface area (Å²) in [7, 11) is 0. The molecule has 0 aliphatic rings. The molecule has 0 fully saturated rings. The van der Waals surface area contributed by atoms with Crippen molar-refractivity contribution in [2.75, 3.05) is 0 Å². The van der Waals surface area contributed by atoms with Gasteiger partial charge in [0.15, 0.2) is 0 Å². The number of nitrogens with zero attached hydrogens (tertiary/aromatic N) is 1. The van der Waals surface area contributed by atoms with E-state index >= 15 is 0 Å². The number of halogens is 2. The summed E-state index contributed by atoms with van der Waals surface area (Å²) in [5.41, 5.74) is 0.722. The molecule has 0 spiro atoms. The van der Waals surface area contributed by atoms with Crippen molar-refractivity contribution in [3.8, 4) is 0 Å². The van der Waals surface area contributed by atoms with Gasteiger partial charge in [-0.15, -0.1) is 0 Å². The molecule has 1 aromatic carbocycles. The summed E-state index contributed by atoms with van der Waals surface area (Å²) in [6.07, 6.45) is 1.53. The maximum absolute atomic E-state index is 5.74. The van der Waals surface area contributed by atoms with Gasteiger partial charge in [0.05, 0.1) is 10.0 Å². The Kier molecular flexibility index (Phi) is 1.51. The fourth-order valence-electron chi connectivity index (χ4n) is 0.865. The topological polar surface area (TPSA) is 26.0 Å². The molecule has 0 amide bonds. The van der Waals surface area contributed by atoms with E-state index in [-0.39, 0.29) is 0 Å². The standard InChI is InChI=1S/C7H3Cl2NO/c8-5-1-4-3-11-10-7(4)2-6(5)9/h1-3H. The van der Waals surface area contributed by atoms with Crippen LogP contribution in [0.2, 0.25) is 10.0 Å². The number of hydrogen-bond acceptors (Lipinski definition) is 2. The summed E-state index contributed by atoms with van der Waals surface area (Å²) >= 11 is 11.5. The van der Waals surface area contributed by atoms with Crippen molar-refractivity contribution in [1.82, 2.24) is 5.16 Å². The SMILES string of the molecule is Clc1cc2conc2cc1Cl. The molecule has 0 aliphatic heterocycles. The van der Waals surface area contributed by atoms with Crippen LogP contribution in [0.1, 0.15) is 0 Å². The highest BCUT2D eigenvalue weighted by Crippen LogP contribution is 2.26. The van der Waals surface area contributed by atoms with Gasteiger partial charge in [-0.25, -0.2) is 0 Å². The zero-order chi connectivity index (χ0) is 7.84. The highest BCUT2D eigenvalue weighted by molar-refractivity contribution is 6.42. The average molecular weight is 188 g/mol. The third kappa shape index (κ3) is 1.08. The average Bonchev–Trinajstić information content (AvgIpc) is 2.36. The molecule has 2 aromatic rings. The first-order chi connectivity index (χ1) is 5.27. The maximum Gasteiger partial charge on any atom is 0.131 e. The molecular formula is C7H3Cl2NO. The van der Waals surface area contributed by atoms with E-state index in [1.807, 2.05) is 0 Å². The predicted molar refractivity (Wildman–Crippen MR) is 44.0 cm³/mol. The predicted octanol–water partition coefficient (Wildman–Crippen LogP) is 3.13. The van der Waals surface area contributed by atoms with Crippen LogP contribution < -0.4 is 0 Å². The van der Waals surface area contributed by atoms with Crippen molar-refractivity contribution in [2.45, 2.75) is 0 Å². The molecule has 56 valence electrons. The molecule has 2 rings (SSSR count). The highest BCUT2D eigenvalue weighted by Gasteiger charge is 2.02. The van der Waals surface area contributed by atoms with E-state index < -0.39 is 0 Å². The van der Waals surface area contributed by atoms with E-state index in [4.69, 9.17) is 27.7 Å². The van der Waals surface area contributed by atoms with Crippen LogP contribution in [0, 0.1) is 0 Å². The lowest BCUT2D eigenvalue weighted by atomic mass is 10.3. The first-order valence-electron chi connectivity index (χ1n) is 2.96. The second-order valence-electron chi connectivity index (χ2n) is 2.14. The molecule has 0 bridgehead atoms. The van der Waals surface area contributed by atoms with E-state index in [9.17, 15) is 0 Å². The van der Waals surface area contributed by atoms with Gasteiger partial charge in [0.25, 0.3) is 0 Å². The van der Waals surface area contributed by atoms with Gasteiger partial charge in [0.1, 0.15) is 11.8 Å². The van der Waals surface area contributed by atoms with Gasteiger partial charge in [0, 0.05) is 5.39 Å². The molecule has 2 nitrogen and oxygen atoms in total. The van der Waals surface area contributed by atoms with E-state index in [2.05, 4.69) is 5.16 Å². The lowest BCUT2D eigenvalue weighted by molar-refractivity contribution is 0.428. The van der Waals surface area contributed by atoms with Crippen LogP contribution in [0.15, 0.2) is 22.9 Å². The summed E-state index contributed by atoms with van der Waals surface area (Å²) in [4.78, 5) is 0. The molecule has 0 saturated heterocycles. The number of hydrogen-bond donors (Lipinski definition) is 0. The summed E-state index contributed by atoms with van der Waals surface area (Å²) in [6, 6.07) is 3.39. The van der Waals surface area contributed by atoms with Crippen LogP contribution in [0.5, 0.6) is 0 Å². The third-order valence-electron chi connectivity index (χ3n) is 1.40. The van der Waals surface area contributed by atoms with E-state index in [0.717, 1.165) is 10.9 Å². The van der Waals surface area contributed by atoms with Gasteiger partial charge < -0.3 is 4.52 Å². The van der Waals surface area contributed by atoms with Crippen molar-refractivity contribution in [2.24, 2.45) is 0 Å². The van der Waals surface area contributed by atoms with Gasteiger partial charge in [0.2, 0.25) is 0 Å². The molecule has 0 N–H and O–H groups in total. The second-order valence-corrected chi connectivity index (χ2v) is 2.95. The van der Waals surface area contributed by atoms with E-state index in [0.29, 0.717) is 10.0 Å². The fraction of sp³-hybridized carbons (Fsp3) is 0. The minimum atomic E-state index is 0.494. The molecule has 0 unspecified atom stereocenters. The van der Waals surface area contributed by atoms with Crippen molar-refractivity contribution in [1.29, 1.82) is 0 Å². The minimum absolute atomic E-state index is 0.494. The number of rotatable bonds is 0. The lowest BCUT2D eigenvalue weighted by Gasteiger charge is -1.91. The van der Waals surface area contributed by atoms with E-state index in [1.165, 1.54) is 6.26 Å². The van der Waals surface area contributed by atoms with E-state index in [1.54, 1.807) is 12.1 Å². The Morgan fingerprint density at radius 3 is 2.73 bits per heavy atom. The first-order valence-corrected chi connectivity index (χ1v) is 3.72. The third-order valence-corrected chi connectivity index (χ3v) is 2.12. The zero-order valence-corrected chi connectivity index (χ0v) is 6.86. The Balaban J connectivity index is 2.86. The fourth-order valence-corrected chi connectivity index (χ4v) is 1.20. The van der Waals surface area contributed by atoms with Gasteiger partial charge in [-0.1, -0.05) is 28.4 Å². The van der Waals surface area contributed by atoms with Crippen molar-refractivity contribution >= 4 is 34.1 Å². The highest BCUT2D eigenvalue weighted by atomic mass is 35.5. The van der Waals surface area contributed by atoms with Gasteiger partial charge in [-0.3, -0.25) is 0 Å². The van der Waals surface area contributed by atoms with Crippen LogP contribution in [-0.4, -0.2) is 5.16 Å².